The van der Waals surface area contributed by atoms with Gasteiger partial charge in [0.25, 0.3) is 5.91 Å². The first kappa shape index (κ1) is 18.2. The fourth-order valence-electron chi connectivity index (χ4n) is 2.33. The Morgan fingerprint density at radius 2 is 2.04 bits per heavy atom. The molecule has 0 saturated carbocycles. The summed E-state index contributed by atoms with van der Waals surface area (Å²) < 4.78 is 15.2. The van der Waals surface area contributed by atoms with Crippen molar-refractivity contribution in [1.82, 2.24) is 20.2 Å². The third-order valence-corrected chi connectivity index (χ3v) is 3.63. The summed E-state index contributed by atoms with van der Waals surface area (Å²) in [6, 6.07) is 13.6. The van der Waals surface area contributed by atoms with Crippen LogP contribution in [0.15, 0.2) is 53.7 Å². The Bertz CT molecular complexity index is 971. The van der Waals surface area contributed by atoms with Crippen LogP contribution in [0.1, 0.15) is 17.0 Å². The molecule has 138 valence electrons. The van der Waals surface area contributed by atoms with Crippen LogP contribution >= 0.6 is 0 Å². The SMILES string of the molecule is Cc1ccc(F)c(NC(=O)CO/N=C(/c2ccccc2)c2nnnn2C)c1. The number of amides is 1. The number of anilines is 1. The summed E-state index contributed by atoms with van der Waals surface area (Å²) in [6.45, 7) is 1.41. The molecule has 0 aliphatic rings. The minimum atomic E-state index is -0.535. The highest BCUT2D eigenvalue weighted by Crippen LogP contribution is 2.15. The predicted octanol–water partition coefficient (Wildman–Crippen LogP) is 2.07. The van der Waals surface area contributed by atoms with Gasteiger partial charge >= 0.3 is 0 Å². The number of rotatable bonds is 6. The molecule has 1 aromatic heterocycles. The normalized spacial score (nSPS) is 11.3. The highest BCUT2D eigenvalue weighted by molar-refractivity contribution is 6.10. The Labute approximate surface area is 154 Å². The lowest BCUT2D eigenvalue weighted by Gasteiger charge is -2.08. The number of hydrogen-bond acceptors (Lipinski definition) is 6. The Balaban J connectivity index is 1.73. The monoisotopic (exact) mass is 368 g/mol. The maximum Gasteiger partial charge on any atom is 0.265 e. The van der Waals surface area contributed by atoms with E-state index in [0.717, 1.165) is 11.1 Å². The van der Waals surface area contributed by atoms with Gasteiger partial charge in [0.15, 0.2) is 12.3 Å². The van der Waals surface area contributed by atoms with Crippen molar-refractivity contribution in [2.45, 2.75) is 6.92 Å². The van der Waals surface area contributed by atoms with Gasteiger partial charge in [-0.1, -0.05) is 41.6 Å². The molecule has 27 heavy (non-hydrogen) atoms. The van der Waals surface area contributed by atoms with Gasteiger partial charge in [-0.3, -0.25) is 4.79 Å². The van der Waals surface area contributed by atoms with Gasteiger partial charge in [-0.15, -0.1) is 5.10 Å². The summed E-state index contributed by atoms with van der Waals surface area (Å²) in [5.74, 6) is -0.675. The smallest absolute Gasteiger partial charge is 0.265 e. The van der Waals surface area contributed by atoms with E-state index in [0.29, 0.717) is 11.5 Å². The molecule has 1 N–H and O–H groups in total. The molecule has 0 saturated heterocycles. The molecule has 0 atom stereocenters. The van der Waals surface area contributed by atoms with E-state index in [4.69, 9.17) is 4.84 Å². The Morgan fingerprint density at radius 1 is 1.26 bits per heavy atom. The molecule has 0 unspecified atom stereocenters. The molecule has 3 rings (SSSR count). The number of oxime groups is 1. The Morgan fingerprint density at radius 3 is 2.74 bits per heavy atom. The summed E-state index contributed by atoms with van der Waals surface area (Å²) >= 11 is 0. The molecule has 8 nitrogen and oxygen atoms in total. The average molecular weight is 368 g/mol. The third-order valence-electron chi connectivity index (χ3n) is 3.63. The van der Waals surface area contributed by atoms with Gasteiger partial charge in [-0.05, 0) is 35.0 Å². The van der Waals surface area contributed by atoms with Crippen LogP contribution < -0.4 is 5.32 Å². The first-order valence-corrected chi connectivity index (χ1v) is 8.08. The fraction of sp³-hybridized carbons (Fsp3) is 0.167. The summed E-state index contributed by atoms with van der Waals surface area (Å²) in [5, 5.41) is 17.8. The van der Waals surface area contributed by atoms with Crippen molar-refractivity contribution < 1.29 is 14.0 Å². The molecule has 0 fully saturated rings. The van der Waals surface area contributed by atoms with Gasteiger partial charge in [0.1, 0.15) is 5.82 Å². The molecule has 3 aromatic rings. The van der Waals surface area contributed by atoms with E-state index in [2.05, 4.69) is 26.0 Å². The van der Waals surface area contributed by atoms with Crippen LogP contribution in [0.25, 0.3) is 0 Å². The topological polar surface area (TPSA) is 94.3 Å². The highest BCUT2D eigenvalue weighted by Gasteiger charge is 2.15. The maximum atomic E-state index is 13.7. The van der Waals surface area contributed by atoms with Crippen LogP contribution in [0.5, 0.6) is 0 Å². The largest absolute Gasteiger partial charge is 0.385 e. The molecule has 2 aromatic carbocycles. The van der Waals surface area contributed by atoms with E-state index in [1.165, 1.54) is 16.8 Å². The number of nitrogens with one attached hydrogen (secondary N) is 1. The van der Waals surface area contributed by atoms with E-state index in [-0.39, 0.29) is 5.69 Å². The van der Waals surface area contributed by atoms with E-state index in [1.807, 2.05) is 30.3 Å². The van der Waals surface area contributed by atoms with Gasteiger partial charge in [-0.25, -0.2) is 9.07 Å². The number of nitrogens with zero attached hydrogens (tertiary/aromatic N) is 5. The number of halogens is 1. The molecule has 1 amide bonds. The van der Waals surface area contributed by atoms with Gasteiger partial charge in [0, 0.05) is 12.6 Å². The molecule has 0 aliphatic heterocycles. The van der Waals surface area contributed by atoms with E-state index in [1.54, 1.807) is 20.0 Å². The maximum absolute atomic E-state index is 13.7. The zero-order chi connectivity index (χ0) is 19.2. The van der Waals surface area contributed by atoms with Crippen molar-refractivity contribution in [3.8, 4) is 0 Å². The van der Waals surface area contributed by atoms with Crippen LogP contribution in [-0.2, 0) is 16.7 Å². The second kappa shape index (κ2) is 8.17. The molecule has 9 heteroatoms. The second-order valence-corrected chi connectivity index (χ2v) is 5.74. The number of benzene rings is 2. The second-order valence-electron chi connectivity index (χ2n) is 5.74. The van der Waals surface area contributed by atoms with Crippen LogP contribution in [0.4, 0.5) is 10.1 Å². The third kappa shape index (κ3) is 4.51. The van der Waals surface area contributed by atoms with Gasteiger partial charge < -0.3 is 10.2 Å². The standard InChI is InChI=1S/C18H17FN6O2/c1-12-8-9-14(19)15(10-12)20-16(26)11-27-22-17(13-6-4-3-5-7-13)18-21-23-24-25(18)2/h3-10H,11H2,1-2H3,(H,20,26)/b22-17-. The van der Waals surface area contributed by atoms with Crippen LogP contribution in [-0.4, -0.2) is 38.4 Å². The molecule has 1 heterocycles. The Hall–Kier alpha value is -3.62. The Kier molecular flexibility index (Phi) is 5.50. The number of aryl methyl sites for hydroxylation is 2. The zero-order valence-electron chi connectivity index (χ0n) is 14.8. The summed E-state index contributed by atoms with van der Waals surface area (Å²) in [7, 11) is 1.67. The van der Waals surface area contributed by atoms with Crippen molar-refractivity contribution in [1.29, 1.82) is 0 Å². The molecular weight excluding hydrogens is 351 g/mol. The first-order chi connectivity index (χ1) is 13.0. The summed E-state index contributed by atoms with van der Waals surface area (Å²) in [6.07, 6.45) is 0. The van der Waals surface area contributed by atoms with Gasteiger partial charge in [0.05, 0.1) is 5.69 Å². The van der Waals surface area contributed by atoms with Crippen molar-refractivity contribution in [2.24, 2.45) is 12.2 Å². The highest BCUT2D eigenvalue weighted by atomic mass is 19.1. The molecular formula is C18H17FN6O2. The minimum Gasteiger partial charge on any atom is -0.385 e. The predicted molar refractivity (Wildman–Crippen MR) is 96.6 cm³/mol. The quantitative estimate of drug-likeness (QED) is 0.531. The molecule has 0 radical (unpaired) electrons. The van der Waals surface area contributed by atoms with Gasteiger partial charge in [-0.2, -0.15) is 0 Å². The molecule has 0 aliphatic carbocycles. The summed E-state index contributed by atoms with van der Waals surface area (Å²) in [5.41, 5.74) is 2.01. The lowest BCUT2D eigenvalue weighted by Crippen LogP contribution is -2.19. The van der Waals surface area contributed by atoms with Crippen molar-refractivity contribution in [2.75, 3.05) is 11.9 Å². The first-order valence-electron chi connectivity index (χ1n) is 8.08. The average Bonchev–Trinajstić information content (AvgIpc) is 3.08. The lowest BCUT2D eigenvalue weighted by molar-refractivity contribution is -0.120. The van der Waals surface area contributed by atoms with Crippen LogP contribution in [0.2, 0.25) is 0 Å². The van der Waals surface area contributed by atoms with Crippen molar-refractivity contribution in [3.05, 3.63) is 71.3 Å². The summed E-state index contributed by atoms with van der Waals surface area (Å²) in [4.78, 5) is 17.2. The number of tetrazole rings is 1. The van der Waals surface area contributed by atoms with Gasteiger partial charge in [0.2, 0.25) is 5.82 Å². The molecule has 0 spiro atoms. The van der Waals surface area contributed by atoms with E-state index < -0.39 is 18.3 Å². The lowest BCUT2D eigenvalue weighted by atomic mass is 10.1. The number of aromatic nitrogens is 4. The fourth-order valence-corrected chi connectivity index (χ4v) is 2.33. The zero-order valence-corrected chi connectivity index (χ0v) is 14.8. The van der Waals surface area contributed by atoms with Crippen LogP contribution in [0.3, 0.4) is 0 Å². The minimum absolute atomic E-state index is 0.0911. The van der Waals surface area contributed by atoms with Crippen molar-refractivity contribution >= 4 is 17.3 Å². The van der Waals surface area contributed by atoms with E-state index >= 15 is 0 Å². The van der Waals surface area contributed by atoms with E-state index in [9.17, 15) is 9.18 Å². The molecule has 0 bridgehead atoms. The number of hydrogen-bond donors (Lipinski definition) is 1. The number of carbonyl (C=O) groups is 1. The van der Waals surface area contributed by atoms with Crippen LogP contribution in [0, 0.1) is 12.7 Å². The van der Waals surface area contributed by atoms with Crippen molar-refractivity contribution in [3.63, 3.8) is 0 Å². The number of carbonyl (C=O) groups excluding carboxylic acids is 1.